The van der Waals surface area contributed by atoms with Gasteiger partial charge in [-0.25, -0.2) is 4.79 Å². The lowest BCUT2D eigenvalue weighted by atomic mass is 10.3. The molecule has 0 saturated carbocycles. The maximum Gasteiger partial charge on any atom is 0.435 e. The van der Waals surface area contributed by atoms with E-state index in [9.17, 15) is 9.59 Å². The van der Waals surface area contributed by atoms with E-state index in [1.807, 2.05) is 0 Å². The Morgan fingerprint density at radius 3 is 2.75 bits per heavy atom. The van der Waals surface area contributed by atoms with E-state index in [1.54, 1.807) is 0 Å². The molecule has 2 N–H and O–H groups in total. The van der Waals surface area contributed by atoms with Gasteiger partial charge in [-0.05, 0) is 0 Å². The summed E-state index contributed by atoms with van der Waals surface area (Å²) in [4.78, 5) is 21.1. The van der Waals surface area contributed by atoms with Gasteiger partial charge in [0.25, 0.3) is 5.56 Å². The van der Waals surface area contributed by atoms with Crippen molar-refractivity contribution in [3.8, 4) is 0 Å². The lowest BCUT2D eigenvalue weighted by Gasteiger charge is -1.97. The van der Waals surface area contributed by atoms with E-state index in [-0.39, 0.29) is 12.2 Å². The molecule has 64 valence electrons. The fraction of sp³-hybridized carbons (Fsp3) is 0.167. The number of nitrogens with zero attached hydrogens (tertiary/aromatic N) is 2. The molecule has 0 bridgehead atoms. The van der Waals surface area contributed by atoms with E-state index >= 15 is 0 Å². The van der Waals surface area contributed by atoms with Crippen LogP contribution in [0.25, 0.3) is 0 Å². The number of hydrogen-bond donors (Lipinski definition) is 2. The Bertz CT molecular complexity index is 357. The summed E-state index contributed by atoms with van der Waals surface area (Å²) in [5, 5.41) is 20.2. The van der Waals surface area contributed by atoms with Crippen molar-refractivity contribution in [2.75, 3.05) is 0 Å². The second kappa shape index (κ2) is 3.14. The average molecular weight is 170 g/mol. The van der Waals surface area contributed by atoms with Gasteiger partial charge in [0.2, 0.25) is 0 Å². The molecule has 1 rings (SSSR count). The Balaban J connectivity index is 3.21. The first-order valence-corrected chi connectivity index (χ1v) is 3.07. The molecular weight excluding hydrogens is 164 g/mol. The number of aliphatic hydroxyl groups is 1. The van der Waals surface area contributed by atoms with E-state index in [0.717, 1.165) is 12.3 Å². The molecule has 12 heavy (non-hydrogen) atoms. The molecule has 6 heteroatoms. The minimum absolute atomic E-state index is 0.289. The maximum absolute atomic E-state index is 10.8. The van der Waals surface area contributed by atoms with Crippen molar-refractivity contribution < 1.29 is 15.0 Å². The van der Waals surface area contributed by atoms with Gasteiger partial charge in [0.05, 0.1) is 12.8 Å². The second-order valence-corrected chi connectivity index (χ2v) is 2.05. The summed E-state index contributed by atoms with van der Waals surface area (Å²) in [6.45, 7) is -0.331. The van der Waals surface area contributed by atoms with Crippen LogP contribution in [0.1, 0.15) is 5.56 Å². The van der Waals surface area contributed by atoms with Crippen LogP contribution in [0, 0.1) is 0 Å². The molecule has 1 aromatic rings. The number of aliphatic hydroxyl groups excluding tert-OH is 1. The van der Waals surface area contributed by atoms with Crippen LogP contribution >= 0.6 is 0 Å². The highest BCUT2D eigenvalue weighted by Gasteiger charge is 2.04. The molecule has 0 aromatic carbocycles. The average Bonchev–Trinajstić information content (AvgIpc) is 2.03. The third-order valence-corrected chi connectivity index (χ3v) is 1.22. The fourth-order valence-electron chi connectivity index (χ4n) is 0.676. The zero-order valence-corrected chi connectivity index (χ0v) is 5.97. The summed E-state index contributed by atoms with van der Waals surface area (Å²) in [7, 11) is 0. The van der Waals surface area contributed by atoms with Gasteiger partial charge in [-0.2, -0.15) is 5.10 Å². The molecule has 0 spiro atoms. The maximum atomic E-state index is 10.8. The molecular formula is C6H6N2O4. The molecule has 0 saturated heterocycles. The summed E-state index contributed by atoms with van der Waals surface area (Å²) in [6.07, 6.45) is -0.320. The van der Waals surface area contributed by atoms with Crippen LogP contribution in [0.15, 0.2) is 17.1 Å². The molecule has 0 amide bonds. The van der Waals surface area contributed by atoms with Crippen LogP contribution < -0.4 is 5.56 Å². The van der Waals surface area contributed by atoms with Crippen molar-refractivity contribution in [2.45, 2.75) is 6.61 Å². The van der Waals surface area contributed by atoms with Gasteiger partial charge in [-0.1, -0.05) is 0 Å². The van der Waals surface area contributed by atoms with E-state index in [2.05, 4.69) is 5.10 Å². The quantitative estimate of drug-likeness (QED) is 0.579. The van der Waals surface area contributed by atoms with Gasteiger partial charge in [0.15, 0.2) is 0 Å². The van der Waals surface area contributed by atoms with Gasteiger partial charge in [-0.3, -0.25) is 4.79 Å². The lowest BCUT2D eigenvalue weighted by molar-refractivity contribution is 0.190. The molecule has 1 heterocycles. The van der Waals surface area contributed by atoms with Crippen LogP contribution in [0.4, 0.5) is 4.79 Å². The summed E-state index contributed by atoms with van der Waals surface area (Å²) in [6, 6.07) is 1.01. The Morgan fingerprint density at radius 1 is 1.67 bits per heavy atom. The van der Waals surface area contributed by atoms with Crippen LogP contribution in [0.2, 0.25) is 0 Å². The van der Waals surface area contributed by atoms with Crippen molar-refractivity contribution in [3.05, 3.63) is 28.2 Å². The normalized spacial score (nSPS) is 9.75. The zero-order chi connectivity index (χ0) is 9.14. The molecule has 0 atom stereocenters. The summed E-state index contributed by atoms with van der Waals surface area (Å²) in [5.74, 6) is 0. The minimum Gasteiger partial charge on any atom is -0.463 e. The Morgan fingerprint density at radius 2 is 2.33 bits per heavy atom. The number of rotatable bonds is 1. The van der Waals surface area contributed by atoms with Crippen molar-refractivity contribution in [3.63, 3.8) is 0 Å². The third kappa shape index (κ3) is 1.48. The highest BCUT2D eigenvalue weighted by molar-refractivity contribution is 5.66. The van der Waals surface area contributed by atoms with Gasteiger partial charge in [0.1, 0.15) is 0 Å². The minimum atomic E-state index is -1.44. The highest BCUT2D eigenvalue weighted by Crippen LogP contribution is 1.89. The number of hydrogen-bond acceptors (Lipinski definition) is 4. The second-order valence-electron chi connectivity index (χ2n) is 2.05. The van der Waals surface area contributed by atoms with Crippen LogP contribution in [0.5, 0.6) is 0 Å². The number of carboxylic acid groups (broad SMARTS) is 1. The van der Waals surface area contributed by atoms with Gasteiger partial charge >= 0.3 is 6.09 Å². The molecule has 0 fully saturated rings. The summed E-state index contributed by atoms with van der Waals surface area (Å²) >= 11 is 0. The molecule has 0 aliphatic heterocycles. The first-order valence-electron chi connectivity index (χ1n) is 3.07. The van der Waals surface area contributed by atoms with Crippen molar-refractivity contribution in [2.24, 2.45) is 0 Å². The van der Waals surface area contributed by atoms with Crippen LogP contribution in [0.3, 0.4) is 0 Å². The Kier molecular flexibility index (Phi) is 2.20. The van der Waals surface area contributed by atoms with Gasteiger partial charge in [0, 0.05) is 11.6 Å². The highest BCUT2D eigenvalue weighted by atomic mass is 16.4. The summed E-state index contributed by atoms with van der Waals surface area (Å²) < 4.78 is 0.291. The van der Waals surface area contributed by atoms with Crippen LogP contribution in [-0.4, -0.2) is 26.1 Å². The topological polar surface area (TPSA) is 92.4 Å². The number of aromatic nitrogens is 2. The number of carbonyl (C=O) groups is 1. The van der Waals surface area contributed by atoms with Gasteiger partial charge in [-0.15, -0.1) is 4.68 Å². The van der Waals surface area contributed by atoms with E-state index in [0.29, 0.717) is 4.68 Å². The molecule has 0 unspecified atom stereocenters. The van der Waals surface area contributed by atoms with E-state index < -0.39 is 11.7 Å². The van der Waals surface area contributed by atoms with E-state index in [1.165, 1.54) is 0 Å². The smallest absolute Gasteiger partial charge is 0.435 e. The molecule has 1 aromatic heterocycles. The van der Waals surface area contributed by atoms with Gasteiger partial charge < -0.3 is 10.2 Å². The fourth-order valence-corrected chi connectivity index (χ4v) is 0.676. The summed E-state index contributed by atoms with van der Waals surface area (Å²) in [5.41, 5.74) is -0.480. The zero-order valence-electron chi connectivity index (χ0n) is 5.97. The standard InChI is InChI=1S/C6H6N2O4/c9-3-4-1-5(10)8(6(11)12)7-2-4/h1-2,9H,3H2,(H,11,12). The third-order valence-electron chi connectivity index (χ3n) is 1.22. The van der Waals surface area contributed by atoms with Crippen molar-refractivity contribution >= 4 is 6.09 Å². The SMILES string of the molecule is O=C(O)n1ncc(CO)cc1=O. The lowest BCUT2D eigenvalue weighted by Crippen LogP contribution is -2.27. The van der Waals surface area contributed by atoms with Crippen LogP contribution in [-0.2, 0) is 6.61 Å². The van der Waals surface area contributed by atoms with Crippen molar-refractivity contribution in [1.29, 1.82) is 0 Å². The van der Waals surface area contributed by atoms with E-state index in [4.69, 9.17) is 10.2 Å². The molecule has 0 aliphatic rings. The predicted octanol–water partition coefficient (Wildman–Crippen LogP) is -0.738. The van der Waals surface area contributed by atoms with Crippen molar-refractivity contribution in [1.82, 2.24) is 9.78 Å². The largest absolute Gasteiger partial charge is 0.463 e. The first kappa shape index (κ1) is 8.41. The molecule has 0 aliphatic carbocycles. The predicted molar refractivity (Wildman–Crippen MR) is 37.8 cm³/mol. The molecule has 6 nitrogen and oxygen atoms in total. The Labute approximate surface area is 66.7 Å². The monoisotopic (exact) mass is 170 g/mol. The Hall–Kier alpha value is -1.69. The first-order chi connectivity index (χ1) is 5.65. The molecule has 0 radical (unpaired) electrons.